The number of likely N-dealkylation sites (N-methyl/N-ethyl adjacent to an activating group) is 1. The van der Waals surface area contributed by atoms with Crippen molar-refractivity contribution in [3.05, 3.63) is 46.7 Å². The lowest BCUT2D eigenvalue weighted by atomic mass is 10.3. The maximum Gasteiger partial charge on any atom is 0.243 e. The molecule has 0 saturated carbocycles. The molecule has 0 radical (unpaired) electrons. The Balaban J connectivity index is 1.57. The number of thioether (sulfide) groups is 1. The second kappa shape index (κ2) is 9.89. The molecule has 0 atom stereocenters. The number of benzene rings is 1. The van der Waals surface area contributed by atoms with Gasteiger partial charge in [0.25, 0.3) is 0 Å². The number of amides is 1. The second-order valence-electron chi connectivity index (χ2n) is 6.49. The Bertz CT molecular complexity index is 877. The summed E-state index contributed by atoms with van der Waals surface area (Å²) in [5.74, 6) is 0.990. The summed E-state index contributed by atoms with van der Waals surface area (Å²) in [7, 11) is -3.55. The van der Waals surface area contributed by atoms with Gasteiger partial charge >= 0.3 is 0 Å². The zero-order valence-electron chi connectivity index (χ0n) is 15.8. The van der Waals surface area contributed by atoms with Gasteiger partial charge in [0.15, 0.2) is 0 Å². The predicted molar refractivity (Wildman–Crippen MR) is 116 cm³/mol. The summed E-state index contributed by atoms with van der Waals surface area (Å²) < 4.78 is 27.4. The summed E-state index contributed by atoms with van der Waals surface area (Å²) in [6.45, 7) is 5.48. The van der Waals surface area contributed by atoms with Crippen molar-refractivity contribution in [2.75, 3.05) is 43.8 Å². The minimum atomic E-state index is -3.55. The molecule has 28 heavy (non-hydrogen) atoms. The number of sulfonamides is 1. The van der Waals surface area contributed by atoms with Gasteiger partial charge in [-0.3, -0.25) is 4.79 Å². The molecule has 0 aliphatic carbocycles. The molecule has 1 amide bonds. The molecule has 1 aliphatic heterocycles. The van der Waals surface area contributed by atoms with Gasteiger partial charge in [-0.15, -0.1) is 23.1 Å². The Hall–Kier alpha value is -1.39. The maximum atomic E-state index is 12.9. The molecule has 1 aliphatic rings. The summed E-state index contributed by atoms with van der Waals surface area (Å²) in [6.07, 6.45) is 0. The van der Waals surface area contributed by atoms with Gasteiger partial charge < -0.3 is 10.2 Å². The van der Waals surface area contributed by atoms with Crippen molar-refractivity contribution in [2.24, 2.45) is 0 Å². The lowest BCUT2D eigenvalue weighted by molar-refractivity contribution is -0.113. The van der Waals surface area contributed by atoms with Gasteiger partial charge in [0, 0.05) is 42.5 Å². The van der Waals surface area contributed by atoms with Crippen LogP contribution in [0.5, 0.6) is 0 Å². The molecule has 1 aromatic heterocycles. The van der Waals surface area contributed by atoms with E-state index in [2.05, 4.69) is 17.1 Å². The van der Waals surface area contributed by atoms with Crippen molar-refractivity contribution in [3.8, 4) is 0 Å². The maximum absolute atomic E-state index is 12.9. The molecule has 0 bridgehead atoms. The Morgan fingerprint density at radius 3 is 2.64 bits per heavy atom. The van der Waals surface area contributed by atoms with Crippen molar-refractivity contribution in [1.82, 2.24) is 9.21 Å². The van der Waals surface area contributed by atoms with Crippen LogP contribution in [0.25, 0.3) is 0 Å². The number of anilines is 1. The Kier molecular flexibility index (Phi) is 7.53. The SMILES string of the molecule is CCN1CCN(S(=O)(=O)c2cccc(NC(=O)CSCc3cccs3)c2)CC1. The first-order valence-electron chi connectivity index (χ1n) is 9.21. The molecular weight excluding hydrogens is 414 g/mol. The van der Waals surface area contributed by atoms with Crippen LogP contribution < -0.4 is 5.32 Å². The van der Waals surface area contributed by atoms with E-state index in [4.69, 9.17) is 0 Å². The molecule has 1 N–H and O–H groups in total. The standard InChI is InChI=1S/C19H25N3O3S3/c1-2-21-8-10-22(11-9-21)28(24,25)18-7-3-5-16(13-18)20-19(23)15-26-14-17-6-4-12-27-17/h3-7,12-13H,2,8-11,14-15H2,1H3,(H,20,23). The zero-order valence-corrected chi connectivity index (χ0v) is 18.3. The highest BCUT2D eigenvalue weighted by atomic mass is 32.2. The van der Waals surface area contributed by atoms with Crippen LogP contribution in [0.3, 0.4) is 0 Å². The average molecular weight is 440 g/mol. The quantitative estimate of drug-likeness (QED) is 0.685. The molecule has 2 heterocycles. The molecule has 0 spiro atoms. The first kappa shape index (κ1) is 21.3. The van der Waals surface area contributed by atoms with Gasteiger partial charge in [0.05, 0.1) is 10.6 Å². The van der Waals surface area contributed by atoms with Gasteiger partial charge in [-0.1, -0.05) is 19.1 Å². The number of nitrogens with one attached hydrogen (secondary N) is 1. The van der Waals surface area contributed by atoms with Gasteiger partial charge in [-0.05, 0) is 36.2 Å². The third-order valence-electron chi connectivity index (χ3n) is 4.59. The average Bonchev–Trinajstić information content (AvgIpc) is 3.22. The van der Waals surface area contributed by atoms with Crippen molar-refractivity contribution in [1.29, 1.82) is 0 Å². The molecule has 3 rings (SSSR count). The minimum absolute atomic E-state index is 0.132. The molecule has 152 valence electrons. The molecule has 0 unspecified atom stereocenters. The van der Waals surface area contributed by atoms with Crippen LogP contribution in [0.2, 0.25) is 0 Å². The number of carbonyl (C=O) groups excluding carboxylic acids is 1. The molecule has 1 aromatic carbocycles. The summed E-state index contributed by atoms with van der Waals surface area (Å²) in [6, 6.07) is 10.6. The highest BCUT2D eigenvalue weighted by molar-refractivity contribution is 7.99. The Labute approximate surface area is 175 Å². The Morgan fingerprint density at radius 2 is 1.96 bits per heavy atom. The van der Waals surface area contributed by atoms with Crippen molar-refractivity contribution in [2.45, 2.75) is 17.6 Å². The molecule has 2 aromatic rings. The van der Waals surface area contributed by atoms with E-state index in [-0.39, 0.29) is 10.8 Å². The smallest absolute Gasteiger partial charge is 0.243 e. The highest BCUT2D eigenvalue weighted by Gasteiger charge is 2.28. The minimum Gasteiger partial charge on any atom is -0.325 e. The van der Waals surface area contributed by atoms with E-state index < -0.39 is 10.0 Å². The topological polar surface area (TPSA) is 69.7 Å². The molecule has 1 saturated heterocycles. The fourth-order valence-corrected chi connectivity index (χ4v) is 6.14. The largest absolute Gasteiger partial charge is 0.325 e. The monoisotopic (exact) mass is 439 g/mol. The number of hydrogen-bond donors (Lipinski definition) is 1. The number of hydrogen-bond acceptors (Lipinski definition) is 6. The summed E-state index contributed by atoms with van der Waals surface area (Å²) >= 11 is 3.21. The Morgan fingerprint density at radius 1 is 1.18 bits per heavy atom. The van der Waals surface area contributed by atoms with Crippen LogP contribution in [-0.4, -0.2) is 62.0 Å². The van der Waals surface area contributed by atoms with Crippen LogP contribution in [-0.2, 0) is 20.6 Å². The van der Waals surface area contributed by atoms with Crippen LogP contribution in [0.4, 0.5) is 5.69 Å². The van der Waals surface area contributed by atoms with Crippen molar-refractivity contribution >= 4 is 44.7 Å². The van der Waals surface area contributed by atoms with E-state index in [0.29, 0.717) is 24.5 Å². The van der Waals surface area contributed by atoms with E-state index in [0.717, 1.165) is 25.4 Å². The van der Waals surface area contributed by atoms with E-state index in [1.165, 1.54) is 9.18 Å². The first-order valence-corrected chi connectivity index (χ1v) is 12.7. The summed E-state index contributed by atoms with van der Waals surface area (Å²) in [4.78, 5) is 15.9. The normalized spacial score (nSPS) is 16.2. The van der Waals surface area contributed by atoms with Crippen LogP contribution in [0.1, 0.15) is 11.8 Å². The summed E-state index contributed by atoms with van der Waals surface area (Å²) in [5.41, 5.74) is 0.509. The van der Waals surface area contributed by atoms with Crippen LogP contribution in [0.15, 0.2) is 46.7 Å². The number of nitrogens with zero attached hydrogens (tertiary/aromatic N) is 2. The van der Waals surface area contributed by atoms with Gasteiger partial charge in [-0.25, -0.2) is 8.42 Å². The fourth-order valence-electron chi connectivity index (χ4n) is 3.01. The first-order chi connectivity index (χ1) is 13.5. The lowest BCUT2D eigenvalue weighted by Gasteiger charge is -2.33. The van der Waals surface area contributed by atoms with Gasteiger partial charge in [-0.2, -0.15) is 4.31 Å². The number of rotatable bonds is 8. The molecule has 1 fully saturated rings. The van der Waals surface area contributed by atoms with E-state index in [1.54, 1.807) is 47.4 Å². The van der Waals surface area contributed by atoms with Crippen LogP contribution in [0, 0.1) is 0 Å². The van der Waals surface area contributed by atoms with Crippen LogP contribution >= 0.6 is 23.1 Å². The predicted octanol–water partition coefficient (Wildman–Crippen LogP) is 2.95. The molecular formula is C19H25N3O3S3. The highest BCUT2D eigenvalue weighted by Crippen LogP contribution is 2.22. The number of piperazine rings is 1. The molecule has 6 nitrogen and oxygen atoms in total. The zero-order chi connectivity index (χ0) is 20.0. The summed E-state index contributed by atoms with van der Waals surface area (Å²) in [5, 5.41) is 4.82. The third kappa shape index (κ3) is 5.57. The van der Waals surface area contributed by atoms with E-state index >= 15 is 0 Å². The van der Waals surface area contributed by atoms with Crippen molar-refractivity contribution < 1.29 is 13.2 Å². The lowest BCUT2D eigenvalue weighted by Crippen LogP contribution is -2.48. The van der Waals surface area contributed by atoms with Gasteiger partial charge in [0.1, 0.15) is 0 Å². The third-order valence-corrected chi connectivity index (χ3v) is 8.53. The van der Waals surface area contributed by atoms with E-state index in [9.17, 15) is 13.2 Å². The number of carbonyl (C=O) groups is 1. The van der Waals surface area contributed by atoms with Gasteiger partial charge in [0.2, 0.25) is 15.9 Å². The second-order valence-corrected chi connectivity index (χ2v) is 10.4. The molecule has 9 heteroatoms. The van der Waals surface area contributed by atoms with E-state index in [1.807, 2.05) is 17.5 Å². The van der Waals surface area contributed by atoms with Crippen molar-refractivity contribution in [3.63, 3.8) is 0 Å². The fraction of sp³-hybridized carbons (Fsp3) is 0.421. The number of thiophene rings is 1.